The van der Waals surface area contributed by atoms with Crippen molar-refractivity contribution >= 4 is 38.6 Å². The van der Waals surface area contributed by atoms with Crippen molar-refractivity contribution in [3.8, 4) is 0 Å². The molecule has 152 valence electrons. The van der Waals surface area contributed by atoms with Crippen molar-refractivity contribution in [1.82, 2.24) is 0 Å². The van der Waals surface area contributed by atoms with Crippen molar-refractivity contribution in [3.63, 3.8) is 0 Å². The Morgan fingerprint density at radius 2 is 1.79 bits per heavy atom. The summed E-state index contributed by atoms with van der Waals surface area (Å²) in [4.78, 5) is 25.0. The number of rotatable bonds is 6. The Bertz CT molecular complexity index is 1160. The summed E-state index contributed by atoms with van der Waals surface area (Å²) in [7, 11) is -2.89. The summed E-state index contributed by atoms with van der Waals surface area (Å²) in [6, 6.07) is 12.2. The molecular weight excluding hydrogens is 394 g/mol. The van der Waals surface area contributed by atoms with E-state index in [9.17, 15) is 18.0 Å². The average molecular weight is 415 g/mol. The molecule has 8 heteroatoms. The summed E-state index contributed by atoms with van der Waals surface area (Å²) in [5, 5.41) is 0.379. The van der Waals surface area contributed by atoms with Crippen LogP contribution in [0.25, 0.3) is 11.0 Å². The van der Waals surface area contributed by atoms with E-state index in [4.69, 9.17) is 9.15 Å². The lowest BCUT2D eigenvalue weighted by atomic mass is 10.1. The molecule has 1 amide bonds. The Balaban J connectivity index is 2.22. The van der Waals surface area contributed by atoms with E-state index in [0.717, 1.165) is 4.31 Å². The van der Waals surface area contributed by atoms with Crippen LogP contribution in [0.4, 0.5) is 5.69 Å². The number of aryl methyl sites for hydroxylation is 1. The molecule has 0 saturated heterocycles. The standard InChI is InChI=1S/C21H21NO6S/c1-4-8-19(23)22(29(25,26)16-9-6-5-7-10-16)15-11-12-18-17(13-15)20(14(2)28-18)21(24)27-3/h5-7,9-13H,4,8H2,1-3H3. The number of methoxy groups -OCH3 is 1. The van der Waals surface area contributed by atoms with Crippen molar-refractivity contribution in [2.75, 3.05) is 11.4 Å². The topological polar surface area (TPSA) is 93.9 Å². The maximum absolute atomic E-state index is 13.3. The van der Waals surface area contributed by atoms with Gasteiger partial charge in [0.15, 0.2) is 0 Å². The number of fused-ring (bicyclic) bond motifs is 1. The Labute approximate surface area is 168 Å². The molecule has 0 saturated carbocycles. The van der Waals surface area contributed by atoms with Crippen LogP contribution in [0.2, 0.25) is 0 Å². The second-order valence-corrected chi connectivity index (χ2v) is 8.22. The van der Waals surface area contributed by atoms with Gasteiger partial charge >= 0.3 is 5.97 Å². The molecule has 3 rings (SSSR count). The van der Waals surface area contributed by atoms with E-state index < -0.39 is 21.9 Å². The minimum Gasteiger partial charge on any atom is -0.465 e. The van der Waals surface area contributed by atoms with Crippen LogP contribution in [-0.2, 0) is 19.6 Å². The highest BCUT2D eigenvalue weighted by Gasteiger charge is 2.31. The zero-order chi connectivity index (χ0) is 21.2. The first-order valence-electron chi connectivity index (χ1n) is 9.06. The molecule has 1 heterocycles. The number of furan rings is 1. The average Bonchev–Trinajstić information content (AvgIpc) is 3.03. The van der Waals surface area contributed by atoms with Gasteiger partial charge in [-0.1, -0.05) is 25.1 Å². The minimum absolute atomic E-state index is 0.00103. The van der Waals surface area contributed by atoms with Crippen LogP contribution in [0, 0.1) is 6.92 Å². The number of carbonyl (C=O) groups excluding carboxylic acids is 2. The number of hydrogen-bond acceptors (Lipinski definition) is 6. The summed E-state index contributed by atoms with van der Waals surface area (Å²) >= 11 is 0. The van der Waals surface area contributed by atoms with Crippen LogP contribution in [0.15, 0.2) is 57.8 Å². The minimum atomic E-state index is -4.14. The molecule has 0 N–H and O–H groups in total. The van der Waals surface area contributed by atoms with Crippen LogP contribution in [0.1, 0.15) is 35.9 Å². The van der Waals surface area contributed by atoms with Gasteiger partial charge in [-0.2, -0.15) is 0 Å². The molecule has 0 aliphatic carbocycles. The largest absolute Gasteiger partial charge is 0.465 e. The summed E-state index contributed by atoms with van der Waals surface area (Å²) in [6.07, 6.45) is 0.540. The molecule has 0 radical (unpaired) electrons. The van der Waals surface area contributed by atoms with Crippen molar-refractivity contribution in [3.05, 3.63) is 59.9 Å². The molecule has 0 aliphatic heterocycles. The molecule has 0 spiro atoms. The lowest BCUT2D eigenvalue weighted by molar-refractivity contribution is -0.117. The fourth-order valence-electron chi connectivity index (χ4n) is 3.12. The first-order valence-corrected chi connectivity index (χ1v) is 10.5. The lowest BCUT2D eigenvalue weighted by Crippen LogP contribution is -2.36. The number of ether oxygens (including phenoxy) is 1. The lowest BCUT2D eigenvalue weighted by Gasteiger charge is -2.22. The molecule has 0 unspecified atom stereocenters. The molecule has 0 atom stereocenters. The highest BCUT2D eigenvalue weighted by atomic mass is 32.2. The van der Waals surface area contributed by atoms with Gasteiger partial charge in [-0.15, -0.1) is 0 Å². The van der Waals surface area contributed by atoms with Gasteiger partial charge in [0.05, 0.1) is 17.7 Å². The third-order valence-electron chi connectivity index (χ3n) is 4.44. The second kappa shape index (κ2) is 8.08. The van der Waals surface area contributed by atoms with E-state index in [1.807, 2.05) is 0 Å². The van der Waals surface area contributed by atoms with E-state index in [1.54, 1.807) is 32.0 Å². The summed E-state index contributed by atoms with van der Waals surface area (Å²) in [5.41, 5.74) is 0.724. The highest BCUT2D eigenvalue weighted by molar-refractivity contribution is 7.93. The molecule has 2 aromatic carbocycles. The molecule has 1 aromatic heterocycles. The third-order valence-corrected chi connectivity index (χ3v) is 6.21. The smallest absolute Gasteiger partial charge is 0.342 e. The van der Waals surface area contributed by atoms with Gasteiger partial charge in [0.2, 0.25) is 5.91 Å². The SMILES string of the molecule is CCCC(=O)N(c1ccc2oc(C)c(C(=O)OC)c2c1)S(=O)(=O)c1ccccc1. The Morgan fingerprint density at radius 1 is 1.10 bits per heavy atom. The summed E-state index contributed by atoms with van der Waals surface area (Å²) < 4.78 is 37.7. The third kappa shape index (κ3) is 3.75. The van der Waals surface area contributed by atoms with E-state index in [1.165, 1.54) is 37.4 Å². The van der Waals surface area contributed by atoms with Gasteiger partial charge in [0, 0.05) is 11.8 Å². The summed E-state index contributed by atoms with van der Waals surface area (Å²) in [5.74, 6) is -0.812. The highest BCUT2D eigenvalue weighted by Crippen LogP contribution is 2.32. The van der Waals surface area contributed by atoms with Gasteiger partial charge in [-0.3, -0.25) is 4.79 Å². The molecule has 0 bridgehead atoms. The fraction of sp³-hybridized carbons (Fsp3) is 0.238. The Hall–Kier alpha value is -3.13. The predicted molar refractivity (Wildman–Crippen MR) is 108 cm³/mol. The Morgan fingerprint density at radius 3 is 2.41 bits per heavy atom. The first kappa shape index (κ1) is 20.6. The zero-order valence-corrected chi connectivity index (χ0v) is 17.2. The molecule has 0 aliphatic rings. The van der Waals surface area contributed by atoms with Crippen LogP contribution in [0.3, 0.4) is 0 Å². The van der Waals surface area contributed by atoms with Crippen LogP contribution >= 0.6 is 0 Å². The number of hydrogen-bond donors (Lipinski definition) is 0. The predicted octanol–water partition coefficient (Wildman–Crippen LogP) is 4.05. The first-order chi connectivity index (χ1) is 13.8. The molecule has 0 fully saturated rings. The number of nitrogens with zero attached hydrogens (tertiary/aromatic N) is 1. The number of carbonyl (C=O) groups is 2. The Kier molecular flexibility index (Phi) is 5.74. The maximum Gasteiger partial charge on any atom is 0.342 e. The number of amides is 1. The van der Waals surface area contributed by atoms with Gasteiger partial charge in [-0.05, 0) is 43.7 Å². The molecular formula is C21H21NO6S. The van der Waals surface area contributed by atoms with Crippen molar-refractivity contribution in [2.45, 2.75) is 31.6 Å². The zero-order valence-electron chi connectivity index (χ0n) is 16.3. The van der Waals surface area contributed by atoms with Crippen molar-refractivity contribution in [1.29, 1.82) is 0 Å². The van der Waals surface area contributed by atoms with E-state index in [0.29, 0.717) is 23.2 Å². The van der Waals surface area contributed by atoms with Crippen LogP contribution in [0.5, 0.6) is 0 Å². The maximum atomic E-state index is 13.3. The molecule has 29 heavy (non-hydrogen) atoms. The monoisotopic (exact) mass is 415 g/mol. The fourth-order valence-corrected chi connectivity index (χ4v) is 4.58. The number of benzene rings is 2. The van der Waals surface area contributed by atoms with Gasteiger partial charge in [-0.25, -0.2) is 17.5 Å². The van der Waals surface area contributed by atoms with E-state index in [2.05, 4.69) is 0 Å². The van der Waals surface area contributed by atoms with Crippen LogP contribution < -0.4 is 4.31 Å². The summed E-state index contributed by atoms with van der Waals surface area (Å²) in [6.45, 7) is 3.41. The molecule has 7 nitrogen and oxygen atoms in total. The van der Waals surface area contributed by atoms with Crippen LogP contribution in [-0.4, -0.2) is 27.4 Å². The number of anilines is 1. The van der Waals surface area contributed by atoms with Gasteiger partial charge in [0.1, 0.15) is 16.9 Å². The normalized spacial score (nSPS) is 11.4. The van der Waals surface area contributed by atoms with Crippen molar-refractivity contribution in [2.24, 2.45) is 0 Å². The van der Waals surface area contributed by atoms with E-state index >= 15 is 0 Å². The van der Waals surface area contributed by atoms with Gasteiger partial charge < -0.3 is 9.15 Å². The molecule has 3 aromatic rings. The second-order valence-electron chi connectivity index (χ2n) is 6.43. The van der Waals surface area contributed by atoms with Crippen molar-refractivity contribution < 1.29 is 27.2 Å². The quantitative estimate of drug-likeness (QED) is 0.564. The van der Waals surface area contributed by atoms with Gasteiger partial charge in [0.25, 0.3) is 10.0 Å². The number of esters is 1. The number of sulfonamides is 1. The van der Waals surface area contributed by atoms with E-state index in [-0.39, 0.29) is 22.6 Å².